The van der Waals surface area contributed by atoms with Crippen LogP contribution in [0.5, 0.6) is 0 Å². The lowest BCUT2D eigenvalue weighted by Gasteiger charge is -2.15. The minimum absolute atomic E-state index is 0.0874. The highest BCUT2D eigenvalue weighted by Crippen LogP contribution is 2.26. The first-order valence-corrected chi connectivity index (χ1v) is 11.5. The molecule has 1 unspecified atom stereocenters. The van der Waals surface area contributed by atoms with Crippen LogP contribution in [0.1, 0.15) is 30.0 Å². The largest absolute Gasteiger partial charge is 0.457 e. The van der Waals surface area contributed by atoms with E-state index in [9.17, 15) is 13.2 Å². The van der Waals surface area contributed by atoms with Crippen molar-refractivity contribution in [2.45, 2.75) is 26.4 Å². The Balaban J connectivity index is 1.80. The van der Waals surface area contributed by atoms with E-state index in [1.807, 2.05) is 0 Å². The zero-order valence-corrected chi connectivity index (χ0v) is 18.9. The number of rotatable bonds is 7. The molecule has 0 amide bonds. The Morgan fingerprint density at radius 1 is 1.32 bits per heavy atom. The SMILES string of the molecule is Cc1nc(-c2nnn(C)c2CC(=O)OC(C)c2ccncc2Cl)ccc1NS(C)(=O)=O. The van der Waals surface area contributed by atoms with Gasteiger partial charge in [-0.3, -0.25) is 19.2 Å². The topological polar surface area (TPSA) is 129 Å². The summed E-state index contributed by atoms with van der Waals surface area (Å²) in [5, 5.41) is 8.51. The van der Waals surface area contributed by atoms with Gasteiger partial charge >= 0.3 is 5.97 Å². The molecule has 0 radical (unpaired) electrons. The Labute approximate surface area is 184 Å². The summed E-state index contributed by atoms with van der Waals surface area (Å²) in [5.41, 5.74) is 2.84. The molecule has 3 heterocycles. The molecule has 12 heteroatoms. The fraction of sp³-hybridized carbons (Fsp3) is 0.316. The van der Waals surface area contributed by atoms with Crippen LogP contribution in [0.3, 0.4) is 0 Å². The molecule has 0 aliphatic carbocycles. The third-order valence-corrected chi connectivity index (χ3v) is 5.33. The number of sulfonamides is 1. The molecule has 3 rings (SSSR count). The van der Waals surface area contributed by atoms with E-state index in [-0.39, 0.29) is 6.42 Å². The van der Waals surface area contributed by atoms with Crippen LogP contribution < -0.4 is 4.72 Å². The van der Waals surface area contributed by atoms with Gasteiger partial charge in [0.05, 0.1) is 40.5 Å². The number of aromatic nitrogens is 5. The average Bonchev–Trinajstić information content (AvgIpc) is 3.03. The highest BCUT2D eigenvalue weighted by atomic mass is 35.5. The van der Waals surface area contributed by atoms with Crippen LogP contribution in [0.2, 0.25) is 5.02 Å². The summed E-state index contributed by atoms with van der Waals surface area (Å²) in [6.07, 6.45) is 3.48. The van der Waals surface area contributed by atoms with E-state index in [1.54, 1.807) is 45.3 Å². The number of anilines is 1. The summed E-state index contributed by atoms with van der Waals surface area (Å²) < 4.78 is 32.3. The molecule has 0 aromatic carbocycles. The second-order valence-electron chi connectivity index (χ2n) is 6.92. The molecule has 0 bridgehead atoms. The Morgan fingerprint density at radius 3 is 2.71 bits per heavy atom. The van der Waals surface area contributed by atoms with Crippen LogP contribution in [0, 0.1) is 6.92 Å². The number of nitrogens with one attached hydrogen (secondary N) is 1. The molecule has 0 aliphatic heterocycles. The molecule has 0 saturated heterocycles. The third kappa shape index (κ3) is 5.56. The molecule has 0 aliphatic rings. The second kappa shape index (κ2) is 8.98. The van der Waals surface area contributed by atoms with Crippen LogP contribution in [-0.2, 0) is 33.0 Å². The molecule has 0 spiro atoms. The van der Waals surface area contributed by atoms with Crippen molar-refractivity contribution in [3.63, 3.8) is 0 Å². The molecule has 0 fully saturated rings. The number of aryl methyl sites for hydroxylation is 2. The predicted molar refractivity (Wildman–Crippen MR) is 115 cm³/mol. The van der Waals surface area contributed by atoms with Gasteiger partial charge in [0.15, 0.2) is 0 Å². The predicted octanol–water partition coefficient (Wildman–Crippen LogP) is 2.45. The van der Waals surface area contributed by atoms with Gasteiger partial charge in [0.25, 0.3) is 0 Å². The number of hydrogen-bond donors (Lipinski definition) is 1. The van der Waals surface area contributed by atoms with Gasteiger partial charge in [-0.2, -0.15) is 0 Å². The molecule has 1 N–H and O–H groups in total. The van der Waals surface area contributed by atoms with Crippen LogP contribution in [0.25, 0.3) is 11.4 Å². The number of carbonyl (C=O) groups excluding carboxylic acids is 1. The maximum absolute atomic E-state index is 12.6. The van der Waals surface area contributed by atoms with Crippen molar-refractivity contribution in [1.29, 1.82) is 0 Å². The Hall–Kier alpha value is -3.05. The van der Waals surface area contributed by atoms with Crippen LogP contribution >= 0.6 is 11.6 Å². The van der Waals surface area contributed by atoms with Gasteiger partial charge in [-0.15, -0.1) is 5.10 Å². The summed E-state index contributed by atoms with van der Waals surface area (Å²) in [6, 6.07) is 4.89. The molecule has 3 aromatic heterocycles. The number of pyridine rings is 2. The lowest BCUT2D eigenvalue weighted by atomic mass is 10.1. The van der Waals surface area contributed by atoms with Crippen molar-refractivity contribution in [2.75, 3.05) is 11.0 Å². The van der Waals surface area contributed by atoms with E-state index >= 15 is 0 Å². The fourth-order valence-corrected chi connectivity index (χ4v) is 3.82. The monoisotopic (exact) mass is 464 g/mol. The zero-order valence-electron chi connectivity index (χ0n) is 17.3. The first kappa shape index (κ1) is 22.6. The maximum Gasteiger partial charge on any atom is 0.312 e. The normalized spacial score (nSPS) is 12.4. The van der Waals surface area contributed by atoms with Crippen LogP contribution in [0.15, 0.2) is 30.6 Å². The minimum atomic E-state index is -3.43. The van der Waals surface area contributed by atoms with Gasteiger partial charge in [-0.25, -0.2) is 13.4 Å². The first-order chi connectivity index (χ1) is 14.5. The highest BCUT2D eigenvalue weighted by molar-refractivity contribution is 7.92. The zero-order chi connectivity index (χ0) is 22.8. The number of esters is 1. The van der Waals surface area contributed by atoms with Gasteiger partial charge in [0, 0.05) is 25.0 Å². The first-order valence-electron chi connectivity index (χ1n) is 9.18. The van der Waals surface area contributed by atoms with E-state index < -0.39 is 22.1 Å². The van der Waals surface area contributed by atoms with Crippen LogP contribution in [0.4, 0.5) is 5.69 Å². The van der Waals surface area contributed by atoms with E-state index in [4.69, 9.17) is 16.3 Å². The molecule has 164 valence electrons. The smallest absolute Gasteiger partial charge is 0.312 e. The number of ether oxygens (including phenoxy) is 1. The third-order valence-electron chi connectivity index (χ3n) is 4.43. The fourth-order valence-electron chi connectivity index (χ4n) is 2.93. The average molecular weight is 465 g/mol. The molecular formula is C19H21ClN6O4S. The molecular weight excluding hydrogens is 444 g/mol. The molecule has 3 aromatic rings. The Kier molecular flexibility index (Phi) is 6.56. The standard InChI is InChI=1S/C19H21ClN6O4S/c1-11-15(24-31(4,28)29)5-6-16(22-11)19-17(26(3)25-23-19)9-18(27)30-12(2)13-7-8-21-10-14(13)20/h5-8,10,12,24H,9H2,1-4H3. The number of carbonyl (C=O) groups is 1. The van der Waals surface area contributed by atoms with Gasteiger partial charge in [0.2, 0.25) is 10.0 Å². The second-order valence-corrected chi connectivity index (χ2v) is 9.07. The Morgan fingerprint density at radius 2 is 2.06 bits per heavy atom. The number of hydrogen-bond acceptors (Lipinski definition) is 8. The van der Waals surface area contributed by atoms with Crippen molar-refractivity contribution >= 4 is 33.3 Å². The lowest BCUT2D eigenvalue weighted by molar-refractivity contribution is -0.147. The molecule has 0 saturated carbocycles. The molecule has 1 atom stereocenters. The van der Waals surface area contributed by atoms with Crippen molar-refractivity contribution in [2.24, 2.45) is 7.05 Å². The summed E-state index contributed by atoms with van der Waals surface area (Å²) >= 11 is 6.11. The molecule has 10 nitrogen and oxygen atoms in total. The van der Waals surface area contributed by atoms with Gasteiger partial charge in [0.1, 0.15) is 11.8 Å². The summed E-state index contributed by atoms with van der Waals surface area (Å²) in [7, 11) is -1.77. The van der Waals surface area contributed by atoms with Gasteiger partial charge in [-0.1, -0.05) is 16.8 Å². The maximum atomic E-state index is 12.6. The van der Waals surface area contributed by atoms with Crippen molar-refractivity contribution in [1.82, 2.24) is 25.0 Å². The van der Waals surface area contributed by atoms with Crippen molar-refractivity contribution < 1.29 is 17.9 Å². The summed E-state index contributed by atoms with van der Waals surface area (Å²) in [6.45, 7) is 3.39. The highest BCUT2D eigenvalue weighted by Gasteiger charge is 2.21. The van der Waals surface area contributed by atoms with E-state index in [0.29, 0.717) is 39.0 Å². The van der Waals surface area contributed by atoms with Crippen molar-refractivity contribution in [3.8, 4) is 11.4 Å². The molecule has 31 heavy (non-hydrogen) atoms. The Bertz CT molecular complexity index is 1230. The minimum Gasteiger partial charge on any atom is -0.457 e. The van der Waals surface area contributed by atoms with E-state index in [1.165, 1.54) is 10.9 Å². The summed E-state index contributed by atoms with van der Waals surface area (Å²) in [4.78, 5) is 20.9. The summed E-state index contributed by atoms with van der Waals surface area (Å²) in [5.74, 6) is -0.487. The number of halogens is 1. The van der Waals surface area contributed by atoms with Crippen molar-refractivity contribution in [3.05, 3.63) is 52.6 Å². The lowest BCUT2D eigenvalue weighted by Crippen LogP contribution is -2.15. The van der Waals surface area contributed by atoms with Gasteiger partial charge in [-0.05, 0) is 32.0 Å². The van der Waals surface area contributed by atoms with Crippen LogP contribution in [-0.4, -0.2) is 45.6 Å². The van der Waals surface area contributed by atoms with E-state index in [0.717, 1.165) is 6.26 Å². The number of nitrogens with zero attached hydrogens (tertiary/aromatic N) is 5. The quantitative estimate of drug-likeness (QED) is 0.528. The van der Waals surface area contributed by atoms with Gasteiger partial charge < -0.3 is 4.74 Å². The van der Waals surface area contributed by atoms with E-state index in [2.05, 4.69) is 25.0 Å².